The zero-order valence-electron chi connectivity index (χ0n) is 8.21. The first-order chi connectivity index (χ1) is 6.31. The number of thiazole rings is 1. The van der Waals surface area contributed by atoms with Crippen molar-refractivity contribution in [1.29, 1.82) is 0 Å². The van der Waals surface area contributed by atoms with E-state index in [1.807, 2.05) is 17.5 Å². The van der Waals surface area contributed by atoms with Gasteiger partial charge in [0.15, 0.2) is 0 Å². The Bertz CT molecular complexity index is 282. The molecule has 13 heavy (non-hydrogen) atoms. The van der Waals surface area contributed by atoms with Gasteiger partial charge in [-0.3, -0.25) is 0 Å². The molecule has 1 aliphatic carbocycles. The largest absolute Gasteiger partial charge is 0.312 e. The molecular weight excluding hydrogens is 180 g/mol. The predicted octanol–water partition coefficient (Wildman–Crippen LogP) is 2.38. The molecule has 0 radical (unpaired) electrons. The molecule has 1 N–H and O–H groups in total. The molecule has 1 fully saturated rings. The van der Waals surface area contributed by atoms with E-state index < -0.39 is 0 Å². The van der Waals surface area contributed by atoms with Crippen molar-refractivity contribution in [1.82, 2.24) is 10.3 Å². The van der Waals surface area contributed by atoms with Gasteiger partial charge in [0.2, 0.25) is 0 Å². The quantitative estimate of drug-likeness (QED) is 0.799. The third-order valence-corrected chi connectivity index (χ3v) is 3.68. The van der Waals surface area contributed by atoms with Crippen molar-refractivity contribution in [3.8, 4) is 0 Å². The first-order valence-corrected chi connectivity index (χ1v) is 5.78. The van der Waals surface area contributed by atoms with E-state index in [1.54, 1.807) is 0 Å². The van der Waals surface area contributed by atoms with Crippen LogP contribution in [0.4, 0.5) is 0 Å². The maximum Gasteiger partial charge on any atom is 0.0961 e. The number of nitrogens with one attached hydrogen (secondary N) is 1. The lowest BCUT2D eigenvalue weighted by atomic mass is 10.4. The van der Waals surface area contributed by atoms with Gasteiger partial charge >= 0.3 is 0 Å². The Morgan fingerprint density at radius 3 is 3.08 bits per heavy atom. The minimum Gasteiger partial charge on any atom is -0.312 e. The molecule has 0 aromatic carbocycles. The van der Waals surface area contributed by atoms with Crippen molar-refractivity contribution in [2.24, 2.45) is 5.92 Å². The summed E-state index contributed by atoms with van der Waals surface area (Å²) in [7, 11) is 0. The van der Waals surface area contributed by atoms with Gasteiger partial charge in [-0.05, 0) is 18.9 Å². The summed E-state index contributed by atoms with van der Waals surface area (Å²) in [5.74, 6) is 1.65. The number of aromatic nitrogens is 1. The van der Waals surface area contributed by atoms with Crippen molar-refractivity contribution in [3.05, 3.63) is 16.1 Å². The zero-order chi connectivity index (χ0) is 9.26. The molecule has 0 bridgehead atoms. The summed E-state index contributed by atoms with van der Waals surface area (Å²) >= 11 is 1.87. The summed E-state index contributed by atoms with van der Waals surface area (Å²) in [6.45, 7) is 6.45. The fourth-order valence-electron chi connectivity index (χ4n) is 1.49. The maximum atomic E-state index is 4.46. The summed E-state index contributed by atoms with van der Waals surface area (Å²) in [4.78, 5) is 5.83. The standard InChI is InChI=1S/C10H16N2S/c1-3-11-5-8-6-12-10(13-8)9-4-7(9)2/h6-7,9,11H,3-5H2,1-2H3. The van der Waals surface area contributed by atoms with Crippen LogP contribution in [0.1, 0.15) is 36.1 Å². The average Bonchev–Trinajstić information content (AvgIpc) is 2.67. The number of nitrogens with zero attached hydrogens (tertiary/aromatic N) is 1. The van der Waals surface area contributed by atoms with Gasteiger partial charge in [-0.25, -0.2) is 4.98 Å². The summed E-state index contributed by atoms with van der Waals surface area (Å²) in [6.07, 6.45) is 3.36. The SMILES string of the molecule is CCNCc1cnc(C2CC2C)s1. The Balaban J connectivity index is 1.94. The molecule has 1 aliphatic rings. The Hall–Kier alpha value is -0.410. The van der Waals surface area contributed by atoms with Crippen LogP contribution in [0.15, 0.2) is 6.20 Å². The highest BCUT2D eigenvalue weighted by molar-refractivity contribution is 7.11. The second-order valence-electron chi connectivity index (χ2n) is 3.76. The molecular formula is C10H16N2S. The topological polar surface area (TPSA) is 24.9 Å². The van der Waals surface area contributed by atoms with Crippen LogP contribution in [0.5, 0.6) is 0 Å². The van der Waals surface area contributed by atoms with Crippen molar-refractivity contribution in [2.45, 2.75) is 32.7 Å². The lowest BCUT2D eigenvalue weighted by Crippen LogP contribution is -2.10. The predicted molar refractivity (Wildman–Crippen MR) is 56.0 cm³/mol. The highest BCUT2D eigenvalue weighted by Gasteiger charge is 2.36. The van der Waals surface area contributed by atoms with Crippen LogP contribution in [0, 0.1) is 5.92 Å². The molecule has 0 aliphatic heterocycles. The summed E-state index contributed by atoms with van der Waals surface area (Å²) in [6, 6.07) is 0. The van der Waals surface area contributed by atoms with Crippen LogP contribution in [-0.2, 0) is 6.54 Å². The van der Waals surface area contributed by atoms with E-state index in [4.69, 9.17) is 0 Å². The lowest BCUT2D eigenvalue weighted by molar-refractivity contribution is 0.734. The highest BCUT2D eigenvalue weighted by atomic mass is 32.1. The number of rotatable bonds is 4. The van der Waals surface area contributed by atoms with E-state index in [0.717, 1.165) is 24.9 Å². The molecule has 0 spiro atoms. The number of hydrogen-bond donors (Lipinski definition) is 1. The van der Waals surface area contributed by atoms with Crippen molar-refractivity contribution in [3.63, 3.8) is 0 Å². The third-order valence-electron chi connectivity index (χ3n) is 2.55. The summed E-state index contributed by atoms with van der Waals surface area (Å²) in [5.41, 5.74) is 0. The zero-order valence-corrected chi connectivity index (χ0v) is 9.03. The van der Waals surface area contributed by atoms with E-state index in [0.29, 0.717) is 0 Å². The maximum absolute atomic E-state index is 4.46. The molecule has 1 aromatic heterocycles. The van der Waals surface area contributed by atoms with Crippen molar-refractivity contribution < 1.29 is 0 Å². The van der Waals surface area contributed by atoms with Gasteiger partial charge in [0.1, 0.15) is 0 Å². The van der Waals surface area contributed by atoms with Crippen LogP contribution in [0.25, 0.3) is 0 Å². The van der Waals surface area contributed by atoms with Crippen LogP contribution >= 0.6 is 11.3 Å². The van der Waals surface area contributed by atoms with Gasteiger partial charge in [-0.15, -0.1) is 11.3 Å². The van der Waals surface area contributed by atoms with Crippen molar-refractivity contribution >= 4 is 11.3 Å². The molecule has 2 rings (SSSR count). The minimum atomic E-state index is 0.778. The van der Waals surface area contributed by atoms with Crippen LogP contribution in [0.2, 0.25) is 0 Å². The Morgan fingerprint density at radius 2 is 2.46 bits per heavy atom. The molecule has 1 heterocycles. The van der Waals surface area contributed by atoms with E-state index in [1.165, 1.54) is 16.3 Å². The number of hydrogen-bond acceptors (Lipinski definition) is 3. The van der Waals surface area contributed by atoms with Gasteiger partial charge in [0.05, 0.1) is 5.01 Å². The average molecular weight is 196 g/mol. The van der Waals surface area contributed by atoms with Crippen LogP contribution in [0.3, 0.4) is 0 Å². The molecule has 0 amide bonds. The van der Waals surface area contributed by atoms with Crippen LogP contribution in [-0.4, -0.2) is 11.5 Å². The second kappa shape index (κ2) is 3.76. The van der Waals surface area contributed by atoms with Crippen LogP contribution < -0.4 is 5.32 Å². The molecule has 0 saturated heterocycles. The van der Waals surface area contributed by atoms with Gasteiger partial charge < -0.3 is 5.32 Å². The fraction of sp³-hybridized carbons (Fsp3) is 0.700. The molecule has 2 unspecified atom stereocenters. The summed E-state index contributed by atoms with van der Waals surface area (Å²) < 4.78 is 0. The van der Waals surface area contributed by atoms with E-state index in [9.17, 15) is 0 Å². The van der Waals surface area contributed by atoms with E-state index in [-0.39, 0.29) is 0 Å². The minimum absolute atomic E-state index is 0.778. The fourth-order valence-corrected chi connectivity index (χ4v) is 2.62. The monoisotopic (exact) mass is 196 g/mol. The Labute approximate surface area is 83.4 Å². The van der Waals surface area contributed by atoms with Gasteiger partial charge in [-0.2, -0.15) is 0 Å². The molecule has 1 saturated carbocycles. The molecule has 3 heteroatoms. The first kappa shape index (κ1) is 9.16. The van der Waals surface area contributed by atoms with Gasteiger partial charge in [-0.1, -0.05) is 13.8 Å². The highest BCUT2D eigenvalue weighted by Crippen LogP contribution is 2.47. The smallest absolute Gasteiger partial charge is 0.0961 e. The van der Waals surface area contributed by atoms with E-state index >= 15 is 0 Å². The molecule has 2 atom stereocenters. The third kappa shape index (κ3) is 2.09. The molecule has 1 aromatic rings. The first-order valence-electron chi connectivity index (χ1n) is 4.96. The van der Waals surface area contributed by atoms with Gasteiger partial charge in [0, 0.05) is 23.5 Å². The van der Waals surface area contributed by atoms with E-state index in [2.05, 4.69) is 24.1 Å². The summed E-state index contributed by atoms with van der Waals surface area (Å²) in [5, 5.41) is 4.67. The lowest BCUT2D eigenvalue weighted by Gasteiger charge is -1.94. The molecule has 72 valence electrons. The van der Waals surface area contributed by atoms with Crippen molar-refractivity contribution in [2.75, 3.05) is 6.54 Å². The Kier molecular flexibility index (Phi) is 2.65. The molecule has 2 nitrogen and oxygen atoms in total. The van der Waals surface area contributed by atoms with Gasteiger partial charge in [0.25, 0.3) is 0 Å². The normalized spacial score (nSPS) is 26.3. The Morgan fingerprint density at radius 1 is 1.69 bits per heavy atom. The second-order valence-corrected chi connectivity index (χ2v) is 4.91.